The molecule has 2 N–H and O–H groups in total. The fourth-order valence-corrected chi connectivity index (χ4v) is 2.31. The molecule has 21 heavy (non-hydrogen) atoms. The molecular formula is C16H26N2O3. The average molecular weight is 294 g/mol. The molecule has 5 heteroatoms. The molecule has 0 spiro atoms. The Balaban J connectivity index is 3.05. The first-order valence-electron chi connectivity index (χ1n) is 7.02. The zero-order valence-electron chi connectivity index (χ0n) is 13.3. The van der Waals surface area contributed by atoms with E-state index in [1.165, 1.54) is 0 Å². The molecule has 5 nitrogen and oxygen atoms in total. The summed E-state index contributed by atoms with van der Waals surface area (Å²) in [7, 11) is 5.29. The molecule has 1 atom stereocenters. The maximum atomic E-state index is 12.5. The number of aliphatic hydroxyl groups excluding tert-OH is 2. The number of rotatable bonds is 7. The summed E-state index contributed by atoms with van der Waals surface area (Å²) in [5.74, 6) is -0.0260. The molecule has 0 aliphatic carbocycles. The van der Waals surface area contributed by atoms with Gasteiger partial charge in [0.1, 0.15) is 6.04 Å². The molecule has 1 unspecified atom stereocenters. The molecule has 118 valence electrons. The number of amides is 1. The second kappa shape index (κ2) is 7.54. The Morgan fingerprint density at radius 2 is 1.67 bits per heavy atom. The van der Waals surface area contributed by atoms with Crippen LogP contribution in [0.25, 0.3) is 0 Å². The van der Waals surface area contributed by atoms with Crippen LogP contribution >= 0.6 is 0 Å². The first-order valence-corrected chi connectivity index (χ1v) is 7.02. The monoisotopic (exact) mass is 294 g/mol. The Labute approximate surface area is 126 Å². The van der Waals surface area contributed by atoms with Gasteiger partial charge in [-0.2, -0.15) is 0 Å². The highest BCUT2D eigenvalue weighted by atomic mass is 16.3. The number of nitrogens with zero attached hydrogens (tertiary/aromatic N) is 2. The lowest BCUT2D eigenvalue weighted by Gasteiger charge is -2.35. The Morgan fingerprint density at radius 3 is 2.10 bits per heavy atom. The summed E-state index contributed by atoms with van der Waals surface area (Å²) < 4.78 is 0. The van der Waals surface area contributed by atoms with Crippen molar-refractivity contribution in [2.45, 2.75) is 13.0 Å². The first kappa shape index (κ1) is 17.6. The Kier molecular flexibility index (Phi) is 6.33. The number of benzene rings is 1. The molecule has 1 amide bonds. The van der Waals surface area contributed by atoms with E-state index in [4.69, 9.17) is 0 Å². The molecule has 1 rings (SSSR count). The standard InChI is InChI=1S/C16H26N2O3/c1-16(11-19,12-20)10-18(4)14(15(21)17(2)3)13-8-6-5-7-9-13/h5-9,14,19-20H,10-12H2,1-4H3. The van der Waals surface area contributed by atoms with Crippen molar-refractivity contribution in [1.82, 2.24) is 9.80 Å². The third kappa shape index (κ3) is 4.52. The number of carbonyl (C=O) groups excluding carboxylic acids is 1. The van der Waals surface area contributed by atoms with Crippen LogP contribution in [0.15, 0.2) is 30.3 Å². The molecule has 0 bridgehead atoms. The lowest BCUT2D eigenvalue weighted by atomic mass is 9.91. The lowest BCUT2D eigenvalue weighted by molar-refractivity contribution is -0.135. The Morgan fingerprint density at radius 1 is 1.14 bits per heavy atom. The van der Waals surface area contributed by atoms with Crippen LogP contribution in [-0.4, -0.2) is 66.8 Å². The van der Waals surface area contributed by atoms with Gasteiger partial charge in [0.25, 0.3) is 0 Å². The van der Waals surface area contributed by atoms with Crippen LogP contribution in [0.5, 0.6) is 0 Å². The van der Waals surface area contributed by atoms with Crippen molar-refractivity contribution < 1.29 is 15.0 Å². The van der Waals surface area contributed by atoms with E-state index in [1.54, 1.807) is 25.9 Å². The summed E-state index contributed by atoms with van der Waals surface area (Å²) in [6.45, 7) is 1.95. The minimum absolute atomic E-state index is 0.0260. The van der Waals surface area contributed by atoms with Crippen molar-refractivity contribution in [3.05, 3.63) is 35.9 Å². The van der Waals surface area contributed by atoms with Gasteiger partial charge in [-0.1, -0.05) is 37.3 Å². The number of aliphatic hydroxyl groups is 2. The van der Waals surface area contributed by atoms with Gasteiger partial charge in [-0.3, -0.25) is 9.69 Å². The molecule has 0 aromatic heterocycles. The third-order valence-electron chi connectivity index (χ3n) is 3.63. The van der Waals surface area contributed by atoms with Crippen LogP contribution in [0.2, 0.25) is 0 Å². The maximum absolute atomic E-state index is 12.5. The van der Waals surface area contributed by atoms with E-state index in [1.807, 2.05) is 42.3 Å². The van der Waals surface area contributed by atoms with E-state index in [9.17, 15) is 15.0 Å². The van der Waals surface area contributed by atoms with Crippen molar-refractivity contribution in [1.29, 1.82) is 0 Å². The summed E-state index contributed by atoms with van der Waals surface area (Å²) in [4.78, 5) is 15.9. The highest BCUT2D eigenvalue weighted by molar-refractivity contribution is 5.82. The van der Waals surface area contributed by atoms with E-state index in [0.717, 1.165) is 5.56 Å². The summed E-state index contributed by atoms with van der Waals surface area (Å²) in [5.41, 5.74) is 0.255. The Bertz CT molecular complexity index is 444. The van der Waals surface area contributed by atoms with Crippen molar-refractivity contribution in [2.75, 3.05) is 40.9 Å². The van der Waals surface area contributed by atoms with E-state index >= 15 is 0 Å². The summed E-state index contributed by atoms with van der Waals surface area (Å²) in [6.07, 6.45) is 0. The summed E-state index contributed by atoms with van der Waals surface area (Å²) in [6, 6.07) is 9.10. The van der Waals surface area contributed by atoms with Crippen molar-refractivity contribution in [2.24, 2.45) is 5.41 Å². The van der Waals surface area contributed by atoms with E-state index in [2.05, 4.69) is 0 Å². The number of hydrogen-bond donors (Lipinski definition) is 2. The van der Waals surface area contributed by atoms with Gasteiger partial charge in [-0.15, -0.1) is 0 Å². The second-order valence-corrected chi connectivity index (χ2v) is 6.09. The molecule has 0 saturated heterocycles. The molecular weight excluding hydrogens is 268 g/mol. The van der Waals surface area contributed by atoms with Crippen molar-refractivity contribution in [3.8, 4) is 0 Å². The normalized spacial score (nSPS) is 13.3. The van der Waals surface area contributed by atoms with Gasteiger partial charge < -0.3 is 15.1 Å². The van der Waals surface area contributed by atoms with Gasteiger partial charge in [0, 0.05) is 26.1 Å². The summed E-state index contributed by atoms with van der Waals surface area (Å²) >= 11 is 0. The minimum atomic E-state index is -0.644. The predicted octanol–water partition coefficient (Wildman–Crippen LogP) is 0.739. The van der Waals surface area contributed by atoms with E-state index in [-0.39, 0.29) is 19.1 Å². The molecule has 0 aliphatic rings. The highest BCUT2D eigenvalue weighted by Gasteiger charge is 2.32. The van der Waals surface area contributed by atoms with Crippen LogP contribution in [0.1, 0.15) is 18.5 Å². The fourth-order valence-electron chi connectivity index (χ4n) is 2.31. The first-order chi connectivity index (χ1) is 9.84. The molecule has 0 saturated carbocycles. The van der Waals surface area contributed by atoms with Gasteiger partial charge in [0.05, 0.1) is 13.2 Å². The number of carbonyl (C=O) groups is 1. The largest absolute Gasteiger partial charge is 0.396 e. The molecule has 1 aromatic rings. The maximum Gasteiger partial charge on any atom is 0.244 e. The van der Waals surface area contributed by atoms with Crippen LogP contribution in [-0.2, 0) is 4.79 Å². The predicted molar refractivity (Wildman–Crippen MR) is 82.8 cm³/mol. The molecule has 0 aliphatic heterocycles. The highest BCUT2D eigenvalue weighted by Crippen LogP contribution is 2.25. The topological polar surface area (TPSA) is 64.0 Å². The zero-order chi connectivity index (χ0) is 16.0. The van der Waals surface area contributed by atoms with Crippen molar-refractivity contribution >= 4 is 5.91 Å². The molecule has 0 fully saturated rings. The molecule has 0 heterocycles. The Hall–Kier alpha value is -1.43. The average Bonchev–Trinajstić information content (AvgIpc) is 2.48. The smallest absolute Gasteiger partial charge is 0.244 e. The van der Waals surface area contributed by atoms with Crippen LogP contribution in [0.3, 0.4) is 0 Å². The number of hydrogen-bond acceptors (Lipinski definition) is 4. The van der Waals surface area contributed by atoms with E-state index < -0.39 is 11.5 Å². The SMILES string of the molecule is CN(C)C(=O)C(c1ccccc1)N(C)CC(C)(CO)CO. The van der Waals surface area contributed by atoms with Crippen LogP contribution < -0.4 is 0 Å². The quantitative estimate of drug-likeness (QED) is 0.778. The van der Waals surface area contributed by atoms with Gasteiger partial charge in [-0.25, -0.2) is 0 Å². The van der Waals surface area contributed by atoms with Gasteiger partial charge in [0.2, 0.25) is 5.91 Å². The second-order valence-electron chi connectivity index (χ2n) is 6.09. The molecule has 0 radical (unpaired) electrons. The summed E-state index contributed by atoms with van der Waals surface area (Å²) in [5, 5.41) is 18.9. The number of likely N-dealkylation sites (N-methyl/N-ethyl adjacent to an activating group) is 2. The van der Waals surface area contributed by atoms with E-state index in [0.29, 0.717) is 6.54 Å². The van der Waals surface area contributed by atoms with Gasteiger partial charge in [-0.05, 0) is 12.6 Å². The van der Waals surface area contributed by atoms with Gasteiger partial charge in [0.15, 0.2) is 0 Å². The molecule has 1 aromatic carbocycles. The van der Waals surface area contributed by atoms with Crippen LogP contribution in [0, 0.1) is 5.41 Å². The lowest BCUT2D eigenvalue weighted by Crippen LogP contribution is -2.45. The van der Waals surface area contributed by atoms with Gasteiger partial charge >= 0.3 is 0 Å². The van der Waals surface area contributed by atoms with Crippen LogP contribution in [0.4, 0.5) is 0 Å². The van der Waals surface area contributed by atoms with Crippen molar-refractivity contribution in [3.63, 3.8) is 0 Å². The zero-order valence-corrected chi connectivity index (χ0v) is 13.3. The fraction of sp³-hybridized carbons (Fsp3) is 0.562. The third-order valence-corrected chi connectivity index (χ3v) is 3.63. The minimum Gasteiger partial charge on any atom is -0.396 e.